The zero-order chi connectivity index (χ0) is 14.8. The molecule has 1 aliphatic heterocycles. The van der Waals surface area contributed by atoms with Crippen molar-refractivity contribution in [3.8, 4) is 0 Å². The first-order valence-electron chi connectivity index (χ1n) is 7.46. The minimum atomic E-state index is -0.0451. The van der Waals surface area contributed by atoms with Gasteiger partial charge in [0, 0.05) is 24.0 Å². The summed E-state index contributed by atoms with van der Waals surface area (Å²) >= 11 is 6.15. The van der Waals surface area contributed by atoms with Crippen LogP contribution >= 0.6 is 11.6 Å². The molecule has 1 aromatic carbocycles. The van der Waals surface area contributed by atoms with Crippen molar-refractivity contribution in [2.45, 2.75) is 25.2 Å². The number of hydrogen-bond acceptors (Lipinski definition) is 2. The minimum absolute atomic E-state index is 0.0239. The van der Waals surface area contributed by atoms with E-state index in [1.54, 1.807) is 0 Å². The van der Waals surface area contributed by atoms with Crippen molar-refractivity contribution in [1.82, 2.24) is 10.2 Å². The van der Waals surface area contributed by atoms with Crippen molar-refractivity contribution >= 4 is 23.4 Å². The number of hydrogen-bond donors (Lipinski definition) is 1. The van der Waals surface area contributed by atoms with E-state index >= 15 is 0 Å². The van der Waals surface area contributed by atoms with Crippen molar-refractivity contribution in [3.05, 3.63) is 34.9 Å². The fourth-order valence-electron chi connectivity index (χ4n) is 2.98. The lowest BCUT2D eigenvalue weighted by Crippen LogP contribution is -2.39. The van der Waals surface area contributed by atoms with Gasteiger partial charge < -0.3 is 10.2 Å². The summed E-state index contributed by atoms with van der Waals surface area (Å²) in [5.41, 5.74) is 1.03. The molecule has 0 radical (unpaired) electrons. The summed E-state index contributed by atoms with van der Waals surface area (Å²) in [4.78, 5) is 25.8. The molecule has 1 heterocycles. The molecule has 0 bridgehead atoms. The second kappa shape index (κ2) is 6.06. The number of nitrogens with one attached hydrogen (secondary N) is 1. The van der Waals surface area contributed by atoms with Gasteiger partial charge in [-0.2, -0.15) is 0 Å². The quantitative estimate of drug-likeness (QED) is 0.927. The van der Waals surface area contributed by atoms with Crippen molar-refractivity contribution in [3.63, 3.8) is 0 Å². The SMILES string of the molecule is O=C(NCC(=O)N1CCCC1)C1CC1c1ccccc1Cl. The molecule has 1 saturated heterocycles. The van der Waals surface area contributed by atoms with Gasteiger partial charge in [-0.05, 0) is 36.8 Å². The van der Waals surface area contributed by atoms with Gasteiger partial charge in [-0.25, -0.2) is 0 Å². The molecule has 2 fully saturated rings. The Kier molecular flexibility index (Phi) is 4.15. The molecule has 112 valence electrons. The zero-order valence-electron chi connectivity index (χ0n) is 11.8. The average molecular weight is 307 g/mol. The first kappa shape index (κ1) is 14.4. The number of amides is 2. The van der Waals surface area contributed by atoms with Crippen LogP contribution in [-0.4, -0.2) is 36.3 Å². The molecular formula is C16H19ClN2O2. The topological polar surface area (TPSA) is 49.4 Å². The Balaban J connectivity index is 1.49. The van der Waals surface area contributed by atoms with Crippen molar-refractivity contribution in [2.75, 3.05) is 19.6 Å². The molecule has 2 aliphatic rings. The van der Waals surface area contributed by atoms with E-state index in [0.717, 1.165) is 37.9 Å². The molecule has 1 aliphatic carbocycles. The molecule has 2 amide bonds. The second-order valence-corrected chi connectivity index (χ2v) is 6.18. The molecule has 21 heavy (non-hydrogen) atoms. The van der Waals surface area contributed by atoms with Gasteiger partial charge in [0.1, 0.15) is 0 Å². The monoisotopic (exact) mass is 306 g/mol. The number of carbonyl (C=O) groups is 2. The maximum atomic E-state index is 12.1. The fourth-order valence-corrected chi connectivity index (χ4v) is 3.25. The van der Waals surface area contributed by atoms with Crippen LogP contribution in [0.2, 0.25) is 5.02 Å². The summed E-state index contributed by atoms with van der Waals surface area (Å²) in [5, 5.41) is 3.48. The predicted molar refractivity (Wildman–Crippen MR) is 81.1 cm³/mol. The smallest absolute Gasteiger partial charge is 0.241 e. The molecule has 1 aromatic rings. The van der Waals surface area contributed by atoms with Crippen LogP contribution in [0, 0.1) is 5.92 Å². The van der Waals surface area contributed by atoms with E-state index in [1.807, 2.05) is 29.2 Å². The molecule has 1 saturated carbocycles. The molecule has 0 aromatic heterocycles. The Hall–Kier alpha value is -1.55. The van der Waals surface area contributed by atoms with Gasteiger partial charge in [-0.3, -0.25) is 9.59 Å². The van der Waals surface area contributed by atoms with E-state index in [4.69, 9.17) is 11.6 Å². The third-order valence-corrected chi connectivity index (χ3v) is 4.65. The Bertz CT molecular complexity index is 555. The summed E-state index contributed by atoms with van der Waals surface area (Å²) < 4.78 is 0. The Labute approximate surface area is 129 Å². The first-order chi connectivity index (χ1) is 10.2. The predicted octanol–water partition coefficient (Wildman–Crippen LogP) is 2.18. The summed E-state index contributed by atoms with van der Waals surface area (Å²) in [5.74, 6) is 0.139. The molecule has 2 atom stereocenters. The van der Waals surface area contributed by atoms with Gasteiger partial charge in [0.25, 0.3) is 0 Å². The molecule has 1 N–H and O–H groups in total. The molecule has 0 spiro atoms. The Morgan fingerprint density at radius 3 is 2.67 bits per heavy atom. The van der Waals surface area contributed by atoms with Crippen LogP contribution in [0.15, 0.2) is 24.3 Å². The van der Waals surface area contributed by atoms with Gasteiger partial charge >= 0.3 is 0 Å². The number of halogens is 1. The van der Waals surface area contributed by atoms with Crippen LogP contribution in [0.5, 0.6) is 0 Å². The lowest BCUT2D eigenvalue weighted by atomic mass is 10.1. The van der Waals surface area contributed by atoms with Gasteiger partial charge in [-0.15, -0.1) is 0 Å². The molecular weight excluding hydrogens is 288 g/mol. The first-order valence-corrected chi connectivity index (χ1v) is 7.84. The Morgan fingerprint density at radius 1 is 1.24 bits per heavy atom. The molecule has 5 heteroatoms. The van der Waals surface area contributed by atoms with Crippen molar-refractivity contribution in [1.29, 1.82) is 0 Å². The molecule has 4 nitrogen and oxygen atoms in total. The summed E-state index contributed by atoms with van der Waals surface area (Å²) in [6, 6.07) is 7.64. The number of likely N-dealkylation sites (tertiary alicyclic amines) is 1. The van der Waals surface area contributed by atoms with Gasteiger partial charge in [-0.1, -0.05) is 29.8 Å². The third kappa shape index (κ3) is 3.21. The standard InChI is InChI=1S/C16H19ClN2O2/c17-14-6-2-1-5-11(14)12-9-13(12)16(21)18-10-15(20)19-7-3-4-8-19/h1-2,5-6,12-13H,3-4,7-10H2,(H,18,21). The van der Waals surface area contributed by atoms with E-state index < -0.39 is 0 Å². The van der Waals surface area contributed by atoms with Crippen LogP contribution in [-0.2, 0) is 9.59 Å². The Morgan fingerprint density at radius 2 is 1.95 bits per heavy atom. The highest BCUT2D eigenvalue weighted by molar-refractivity contribution is 6.31. The molecule has 2 unspecified atom stereocenters. The zero-order valence-corrected chi connectivity index (χ0v) is 12.6. The van der Waals surface area contributed by atoms with Gasteiger partial charge in [0.2, 0.25) is 11.8 Å². The fraction of sp³-hybridized carbons (Fsp3) is 0.500. The summed E-state index contributed by atoms with van der Waals surface area (Å²) in [7, 11) is 0. The van der Waals surface area contributed by atoms with Crippen LogP contribution in [0.3, 0.4) is 0 Å². The van der Waals surface area contributed by atoms with E-state index in [9.17, 15) is 9.59 Å². The van der Waals surface area contributed by atoms with Gasteiger partial charge in [0.15, 0.2) is 0 Å². The minimum Gasteiger partial charge on any atom is -0.347 e. The van der Waals surface area contributed by atoms with Crippen LogP contribution in [0.4, 0.5) is 0 Å². The van der Waals surface area contributed by atoms with Gasteiger partial charge in [0.05, 0.1) is 6.54 Å². The highest BCUT2D eigenvalue weighted by Crippen LogP contribution is 2.49. The lowest BCUT2D eigenvalue weighted by Gasteiger charge is -2.15. The highest BCUT2D eigenvalue weighted by atomic mass is 35.5. The number of carbonyl (C=O) groups excluding carboxylic acids is 2. The van der Waals surface area contributed by atoms with Crippen LogP contribution < -0.4 is 5.32 Å². The normalized spacial score (nSPS) is 24.0. The second-order valence-electron chi connectivity index (χ2n) is 5.78. The average Bonchev–Trinajstić information content (AvgIpc) is 3.08. The summed E-state index contributed by atoms with van der Waals surface area (Å²) in [6.07, 6.45) is 2.95. The maximum Gasteiger partial charge on any atom is 0.241 e. The van der Waals surface area contributed by atoms with Crippen LogP contribution in [0.25, 0.3) is 0 Å². The maximum absolute atomic E-state index is 12.1. The van der Waals surface area contributed by atoms with E-state index in [0.29, 0.717) is 5.02 Å². The number of rotatable bonds is 4. The third-order valence-electron chi connectivity index (χ3n) is 4.30. The number of benzene rings is 1. The highest BCUT2D eigenvalue weighted by Gasteiger charge is 2.44. The van der Waals surface area contributed by atoms with Crippen LogP contribution in [0.1, 0.15) is 30.7 Å². The van der Waals surface area contributed by atoms with Crippen molar-refractivity contribution < 1.29 is 9.59 Å². The largest absolute Gasteiger partial charge is 0.347 e. The van der Waals surface area contributed by atoms with E-state index in [2.05, 4.69) is 5.32 Å². The molecule has 3 rings (SSSR count). The van der Waals surface area contributed by atoms with E-state index in [-0.39, 0.29) is 30.2 Å². The lowest BCUT2D eigenvalue weighted by molar-refractivity contribution is -0.132. The summed E-state index contributed by atoms with van der Waals surface area (Å²) in [6.45, 7) is 1.76. The number of nitrogens with zero attached hydrogens (tertiary/aromatic N) is 1. The van der Waals surface area contributed by atoms with Crippen molar-refractivity contribution in [2.24, 2.45) is 5.92 Å². The van der Waals surface area contributed by atoms with E-state index in [1.165, 1.54) is 0 Å².